The maximum Gasteiger partial charge on any atom is 0.291 e. The number of hydrogen-bond acceptors (Lipinski definition) is 4. The van der Waals surface area contributed by atoms with Gasteiger partial charge in [-0.25, -0.2) is 0 Å². The predicted molar refractivity (Wildman–Crippen MR) is 106 cm³/mol. The Morgan fingerprint density at radius 2 is 1.67 bits per heavy atom. The predicted octanol–water partition coefficient (Wildman–Crippen LogP) is 5.65. The maximum absolute atomic E-state index is 12.5. The molecule has 0 bridgehead atoms. The van der Waals surface area contributed by atoms with Gasteiger partial charge in [-0.1, -0.05) is 11.6 Å². The van der Waals surface area contributed by atoms with Gasteiger partial charge >= 0.3 is 0 Å². The number of anilines is 1. The first-order chi connectivity index (χ1) is 13.1. The van der Waals surface area contributed by atoms with Crippen LogP contribution in [0, 0.1) is 0 Å². The number of furan rings is 1. The molecule has 1 N–H and O–H groups in total. The molecule has 0 aliphatic carbocycles. The van der Waals surface area contributed by atoms with E-state index >= 15 is 0 Å². The van der Waals surface area contributed by atoms with Crippen LogP contribution in [0.2, 0.25) is 5.02 Å². The van der Waals surface area contributed by atoms with Gasteiger partial charge in [0.15, 0.2) is 17.3 Å². The summed E-state index contributed by atoms with van der Waals surface area (Å²) in [6, 6.07) is 15.9. The van der Waals surface area contributed by atoms with Crippen LogP contribution in [0.5, 0.6) is 11.5 Å². The highest BCUT2D eigenvalue weighted by Crippen LogP contribution is 2.31. The SMILES string of the molecule is CCOc1ccc(NC(=O)c2ccc(-c3ccc(Cl)cc3)o2)cc1OCC. The summed E-state index contributed by atoms with van der Waals surface area (Å²) >= 11 is 5.90. The third-order valence-corrected chi connectivity index (χ3v) is 4.01. The van der Waals surface area contributed by atoms with Crippen molar-refractivity contribution in [1.82, 2.24) is 0 Å². The largest absolute Gasteiger partial charge is 0.490 e. The van der Waals surface area contributed by atoms with Crippen LogP contribution in [0.3, 0.4) is 0 Å². The summed E-state index contributed by atoms with van der Waals surface area (Å²) in [7, 11) is 0. The first-order valence-electron chi connectivity index (χ1n) is 8.67. The fourth-order valence-electron chi connectivity index (χ4n) is 2.55. The molecule has 0 aliphatic rings. The molecule has 0 fully saturated rings. The topological polar surface area (TPSA) is 60.7 Å². The lowest BCUT2D eigenvalue weighted by molar-refractivity contribution is 0.0997. The number of carbonyl (C=O) groups is 1. The molecule has 2 aromatic carbocycles. The molecule has 1 heterocycles. The number of carbonyl (C=O) groups excluding carboxylic acids is 1. The number of rotatable bonds is 7. The highest BCUT2D eigenvalue weighted by molar-refractivity contribution is 6.30. The van der Waals surface area contributed by atoms with Crippen LogP contribution in [-0.2, 0) is 0 Å². The summed E-state index contributed by atoms with van der Waals surface area (Å²) in [5, 5.41) is 3.45. The summed E-state index contributed by atoms with van der Waals surface area (Å²) in [6.45, 7) is 4.83. The summed E-state index contributed by atoms with van der Waals surface area (Å²) in [4.78, 5) is 12.5. The molecule has 0 saturated carbocycles. The van der Waals surface area contributed by atoms with E-state index in [1.165, 1.54) is 0 Å². The zero-order chi connectivity index (χ0) is 19.2. The Hall–Kier alpha value is -2.92. The number of nitrogens with one attached hydrogen (secondary N) is 1. The van der Waals surface area contributed by atoms with Crippen molar-refractivity contribution in [3.05, 3.63) is 65.4 Å². The van der Waals surface area contributed by atoms with Crippen molar-refractivity contribution in [1.29, 1.82) is 0 Å². The quantitative estimate of drug-likeness (QED) is 0.570. The molecule has 5 nitrogen and oxygen atoms in total. The molecule has 0 atom stereocenters. The summed E-state index contributed by atoms with van der Waals surface area (Å²) < 4.78 is 16.8. The molecule has 0 aliphatic heterocycles. The molecule has 0 radical (unpaired) electrons. The lowest BCUT2D eigenvalue weighted by atomic mass is 10.2. The van der Waals surface area contributed by atoms with Gasteiger partial charge in [-0.05, 0) is 62.4 Å². The molecule has 0 unspecified atom stereocenters. The van der Waals surface area contributed by atoms with Gasteiger partial charge in [-0.2, -0.15) is 0 Å². The number of hydrogen-bond donors (Lipinski definition) is 1. The van der Waals surface area contributed by atoms with E-state index in [1.807, 2.05) is 26.0 Å². The maximum atomic E-state index is 12.5. The molecule has 0 spiro atoms. The first kappa shape index (κ1) is 18.9. The van der Waals surface area contributed by atoms with Gasteiger partial charge in [-0.15, -0.1) is 0 Å². The molecule has 27 heavy (non-hydrogen) atoms. The molecular weight excluding hydrogens is 366 g/mol. The van der Waals surface area contributed by atoms with Crippen LogP contribution in [0.25, 0.3) is 11.3 Å². The minimum Gasteiger partial charge on any atom is -0.490 e. The van der Waals surface area contributed by atoms with Crippen molar-refractivity contribution in [3.63, 3.8) is 0 Å². The second kappa shape index (κ2) is 8.64. The smallest absolute Gasteiger partial charge is 0.291 e. The number of amides is 1. The Morgan fingerprint density at radius 3 is 2.37 bits per heavy atom. The van der Waals surface area contributed by atoms with Gasteiger partial charge in [-0.3, -0.25) is 4.79 Å². The van der Waals surface area contributed by atoms with Crippen molar-refractivity contribution in [3.8, 4) is 22.8 Å². The standard InChI is InChI=1S/C21H20ClNO4/c1-3-25-18-10-9-16(13-20(18)26-4-2)23-21(24)19-12-11-17(27-19)14-5-7-15(22)8-6-14/h5-13H,3-4H2,1-2H3,(H,23,24). The minimum atomic E-state index is -0.346. The van der Waals surface area contributed by atoms with Crippen molar-refractivity contribution in [2.45, 2.75) is 13.8 Å². The fourth-order valence-corrected chi connectivity index (χ4v) is 2.68. The number of ether oxygens (including phenoxy) is 2. The Labute approximate surface area is 162 Å². The summed E-state index contributed by atoms with van der Waals surface area (Å²) in [5.74, 6) is 1.69. The molecule has 1 aromatic heterocycles. The van der Waals surface area contributed by atoms with Crippen LogP contribution in [0.1, 0.15) is 24.4 Å². The van der Waals surface area contributed by atoms with Crippen molar-refractivity contribution in [2.24, 2.45) is 0 Å². The van der Waals surface area contributed by atoms with E-state index < -0.39 is 0 Å². The van der Waals surface area contributed by atoms with E-state index in [1.54, 1.807) is 42.5 Å². The second-order valence-corrected chi connectivity index (χ2v) is 6.09. The zero-order valence-corrected chi connectivity index (χ0v) is 15.9. The van der Waals surface area contributed by atoms with Crippen molar-refractivity contribution < 1.29 is 18.7 Å². The Bertz CT molecular complexity index is 918. The average Bonchev–Trinajstić information content (AvgIpc) is 3.15. The monoisotopic (exact) mass is 385 g/mol. The highest BCUT2D eigenvalue weighted by atomic mass is 35.5. The van der Waals surface area contributed by atoms with E-state index in [4.69, 9.17) is 25.5 Å². The highest BCUT2D eigenvalue weighted by Gasteiger charge is 2.14. The van der Waals surface area contributed by atoms with E-state index in [-0.39, 0.29) is 11.7 Å². The van der Waals surface area contributed by atoms with Gasteiger partial charge < -0.3 is 19.2 Å². The average molecular weight is 386 g/mol. The van der Waals surface area contributed by atoms with Crippen LogP contribution >= 0.6 is 11.6 Å². The molecule has 0 saturated heterocycles. The van der Waals surface area contributed by atoms with Crippen LogP contribution in [0.4, 0.5) is 5.69 Å². The molecule has 3 rings (SSSR count). The van der Waals surface area contributed by atoms with Gasteiger partial charge in [0.1, 0.15) is 5.76 Å². The molecular formula is C21H20ClNO4. The zero-order valence-electron chi connectivity index (χ0n) is 15.1. The van der Waals surface area contributed by atoms with Gasteiger partial charge in [0.05, 0.1) is 13.2 Å². The van der Waals surface area contributed by atoms with Crippen molar-refractivity contribution in [2.75, 3.05) is 18.5 Å². The van der Waals surface area contributed by atoms with E-state index in [0.29, 0.717) is 41.2 Å². The molecule has 3 aromatic rings. The minimum absolute atomic E-state index is 0.215. The molecule has 6 heteroatoms. The van der Waals surface area contributed by atoms with Crippen LogP contribution < -0.4 is 14.8 Å². The van der Waals surface area contributed by atoms with E-state index in [0.717, 1.165) is 5.56 Å². The fraction of sp³-hybridized carbons (Fsp3) is 0.190. The third kappa shape index (κ3) is 4.63. The lowest BCUT2D eigenvalue weighted by Crippen LogP contribution is -2.11. The van der Waals surface area contributed by atoms with Crippen LogP contribution in [-0.4, -0.2) is 19.1 Å². The second-order valence-electron chi connectivity index (χ2n) is 5.65. The first-order valence-corrected chi connectivity index (χ1v) is 9.05. The van der Waals surface area contributed by atoms with Crippen LogP contribution in [0.15, 0.2) is 59.0 Å². The van der Waals surface area contributed by atoms with E-state index in [9.17, 15) is 4.79 Å². The molecule has 140 valence electrons. The Balaban J connectivity index is 1.75. The summed E-state index contributed by atoms with van der Waals surface area (Å²) in [6.07, 6.45) is 0. The normalized spacial score (nSPS) is 10.5. The lowest BCUT2D eigenvalue weighted by Gasteiger charge is -2.12. The van der Waals surface area contributed by atoms with Gasteiger partial charge in [0, 0.05) is 22.3 Å². The number of halogens is 1. The van der Waals surface area contributed by atoms with Gasteiger partial charge in [0.25, 0.3) is 5.91 Å². The Morgan fingerprint density at radius 1 is 0.963 bits per heavy atom. The summed E-state index contributed by atoms with van der Waals surface area (Å²) in [5.41, 5.74) is 1.44. The third-order valence-electron chi connectivity index (χ3n) is 3.76. The van der Waals surface area contributed by atoms with Crippen molar-refractivity contribution >= 4 is 23.2 Å². The van der Waals surface area contributed by atoms with E-state index in [2.05, 4.69) is 5.32 Å². The van der Waals surface area contributed by atoms with Gasteiger partial charge in [0.2, 0.25) is 0 Å². The number of benzene rings is 2. The molecule has 1 amide bonds. The Kier molecular flexibility index (Phi) is 6.04.